The Kier molecular flexibility index (Phi) is 3.85. The maximum Gasteiger partial charge on any atom is 0.134 e. The van der Waals surface area contributed by atoms with E-state index < -0.39 is 0 Å². The van der Waals surface area contributed by atoms with E-state index in [1.54, 1.807) is 0 Å². The van der Waals surface area contributed by atoms with Crippen LogP contribution in [0.1, 0.15) is 50.7 Å². The van der Waals surface area contributed by atoms with E-state index >= 15 is 0 Å². The number of rotatable bonds is 3. The number of methoxy groups -OCH3 is 1. The molecule has 1 aliphatic heterocycles. The summed E-state index contributed by atoms with van der Waals surface area (Å²) < 4.78 is 6.36. The fourth-order valence-corrected chi connectivity index (χ4v) is 5.96. The second kappa shape index (κ2) is 5.67. The third kappa shape index (κ3) is 2.07. The van der Waals surface area contributed by atoms with Crippen LogP contribution in [-0.2, 0) is 21.4 Å². The van der Waals surface area contributed by atoms with E-state index in [4.69, 9.17) is 4.74 Å². The quantitative estimate of drug-likeness (QED) is 0.853. The Hall–Kier alpha value is -1.19. The van der Waals surface area contributed by atoms with E-state index in [0.717, 1.165) is 32.4 Å². The van der Waals surface area contributed by atoms with Crippen molar-refractivity contribution >= 4 is 5.78 Å². The van der Waals surface area contributed by atoms with Crippen LogP contribution in [0.15, 0.2) is 24.3 Å². The predicted molar refractivity (Wildman–Crippen MR) is 95.2 cm³/mol. The molecule has 3 heteroatoms. The molecule has 1 heterocycles. The van der Waals surface area contributed by atoms with E-state index in [1.165, 1.54) is 11.1 Å². The molecule has 3 aliphatic rings. The molecule has 2 aliphatic carbocycles. The van der Waals surface area contributed by atoms with Crippen molar-refractivity contribution in [2.75, 3.05) is 20.2 Å². The first-order valence-electron chi connectivity index (χ1n) is 9.42. The molecule has 0 unspecified atom stereocenters. The van der Waals surface area contributed by atoms with Gasteiger partial charge >= 0.3 is 0 Å². The first-order chi connectivity index (χ1) is 11.5. The number of piperidine rings is 1. The fraction of sp³-hybridized carbons (Fsp3) is 0.667. The summed E-state index contributed by atoms with van der Waals surface area (Å²) in [5.74, 6) is 1.06. The lowest BCUT2D eigenvalue weighted by molar-refractivity contribution is -0.188. The first kappa shape index (κ1) is 16.3. The maximum absolute atomic E-state index is 12.5. The van der Waals surface area contributed by atoms with E-state index in [1.807, 2.05) is 7.11 Å². The number of benzene rings is 1. The molecule has 0 spiro atoms. The lowest BCUT2D eigenvalue weighted by atomic mass is 9.49. The molecule has 0 N–H and O–H groups in total. The molecule has 0 radical (unpaired) electrons. The number of ether oxygens (including phenoxy) is 1. The zero-order valence-corrected chi connectivity index (χ0v) is 15.2. The summed E-state index contributed by atoms with van der Waals surface area (Å²) in [6, 6.07) is 9.19. The lowest BCUT2D eigenvalue weighted by Gasteiger charge is -2.65. The predicted octanol–water partition coefficient (Wildman–Crippen LogP) is 3.35. The van der Waals surface area contributed by atoms with Crippen LogP contribution in [0.25, 0.3) is 0 Å². The highest BCUT2D eigenvalue weighted by Crippen LogP contribution is 2.58. The molecule has 1 saturated carbocycles. The number of hydrogen-bond donors (Lipinski definition) is 0. The number of hydrogen-bond acceptors (Lipinski definition) is 3. The third-order valence-corrected chi connectivity index (χ3v) is 6.80. The Bertz CT molecular complexity index is 655. The second-order valence-corrected chi connectivity index (χ2v) is 8.41. The molecule has 3 nitrogen and oxygen atoms in total. The molecule has 24 heavy (non-hydrogen) atoms. The van der Waals surface area contributed by atoms with Gasteiger partial charge in [0.05, 0.1) is 5.60 Å². The monoisotopic (exact) mass is 327 g/mol. The molecule has 1 saturated heterocycles. The number of nitrogens with zero attached hydrogens (tertiary/aromatic N) is 1. The van der Waals surface area contributed by atoms with Crippen LogP contribution >= 0.6 is 0 Å². The summed E-state index contributed by atoms with van der Waals surface area (Å²) in [5.41, 5.74) is 2.49. The van der Waals surface area contributed by atoms with Crippen molar-refractivity contribution in [3.8, 4) is 0 Å². The van der Waals surface area contributed by atoms with Crippen molar-refractivity contribution in [3.05, 3.63) is 35.4 Å². The molecule has 2 fully saturated rings. The molecule has 130 valence electrons. The van der Waals surface area contributed by atoms with Gasteiger partial charge in [0, 0.05) is 38.0 Å². The molecule has 3 atom stereocenters. The van der Waals surface area contributed by atoms with Crippen molar-refractivity contribution in [2.45, 2.75) is 63.0 Å². The van der Waals surface area contributed by atoms with Gasteiger partial charge in [0.25, 0.3) is 0 Å². The maximum atomic E-state index is 12.5. The van der Waals surface area contributed by atoms with Crippen molar-refractivity contribution in [2.24, 2.45) is 5.92 Å². The Morgan fingerprint density at radius 2 is 2.08 bits per heavy atom. The Balaban J connectivity index is 1.88. The van der Waals surface area contributed by atoms with Crippen molar-refractivity contribution in [1.29, 1.82) is 0 Å². The number of likely N-dealkylation sites (tertiary alicyclic amines) is 1. The zero-order valence-electron chi connectivity index (χ0n) is 15.2. The van der Waals surface area contributed by atoms with Crippen molar-refractivity contribution in [1.82, 2.24) is 4.90 Å². The average Bonchev–Trinajstić information content (AvgIpc) is 2.57. The largest absolute Gasteiger partial charge is 0.376 e. The van der Waals surface area contributed by atoms with Gasteiger partial charge in [0.1, 0.15) is 5.78 Å². The smallest absolute Gasteiger partial charge is 0.134 e. The number of ketones is 1. The molecule has 2 bridgehead atoms. The first-order valence-corrected chi connectivity index (χ1v) is 9.42. The normalized spacial score (nSPS) is 35.7. The minimum atomic E-state index is -0.206. The minimum Gasteiger partial charge on any atom is -0.376 e. The van der Waals surface area contributed by atoms with Crippen LogP contribution in [0, 0.1) is 5.92 Å². The van der Waals surface area contributed by atoms with Crippen LogP contribution in [-0.4, -0.2) is 42.5 Å². The Morgan fingerprint density at radius 1 is 1.29 bits per heavy atom. The van der Waals surface area contributed by atoms with Gasteiger partial charge in [0.2, 0.25) is 0 Å². The highest BCUT2D eigenvalue weighted by atomic mass is 16.5. The van der Waals surface area contributed by atoms with Gasteiger partial charge in [0.15, 0.2) is 0 Å². The number of fused-ring (bicyclic) bond motifs is 1. The SMILES string of the molecule is CO[C@@]12CCC(=O)C[C@@]13CCN(CC(C)C)[C@@H]2Cc1ccccc13. The fourth-order valence-electron chi connectivity index (χ4n) is 5.96. The number of carbonyl (C=O) groups is 1. The van der Waals surface area contributed by atoms with E-state index in [2.05, 4.69) is 43.0 Å². The van der Waals surface area contributed by atoms with Crippen LogP contribution in [0.3, 0.4) is 0 Å². The average molecular weight is 327 g/mol. The molecule has 4 rings (SSSR count). The van der Waals surface area contributed by atoms with Gasteiger partial charge in [-0.25, -0.2) is 0 Å². The summed E-state index contributed by atoms with van der Waals surface area (Å²) in [6.07, 6.45) is 4.28. The standard InChI is InChI=1S/C21H29NO2/c1-15(2)14-22-11-10-20-13-17(23)8-9-21(20,24-3)19(22)12-16-6-4-5-7-18(16)20/h4-7,15,19H,8-14H2,1-3H3/t19-,20-,21-/m1/s1. The summed E-state index contributed by atoms with van der Waals surface area (Å²) in [4.78, 5) is 15.1. The van der Waals surface area contributed by atoms with Gasteiger partial charge in [-0.2, -0.15) is 0 Å². The van der Waals surface area contributed by atoms with Crippen LogP contribution in [0.4, 0.5) is 0 Å². The third-order valence-electron chi connectivity index (χ3n) is 6.80. The summed E-state index contributed by atoms with van der Waals surface area (Å²) in [5, 5.41) is 0. The van der Waals surface area contributed by atoms with Crippen LogP contribution in [0.2, 0.25) is 0 Å². The van der Waals surface area contributed by atoms with Crippen LogP contribution in [0.5, 0.6) is 0 Å². The van der Waals surface area contributed by atoms with E-state index in [-0.39, 0.29) is 11.0 Å². The number of carbonyl (C=O) groups excluding carboxylic acids is 1. The zero-order chi connectivity index (χ0) is 16.9. The highest BCUT2D eigenvalue weighted by molar-refractivity contribution is 5.82. The van der Waals surface area contributed by atoms with Gasteiger partial charge in [-0.15, -0.1) is 0 Å². The number of Topliss-reactive ketones (excluding diaryl/α,β-unsaturated/α-hetero) is 1. The summed E-state index contributed by atoms with van der Waals surface area (Å²) >= 11 is 0. The highest BCUT2D eigenvalue weighted by Gasteiger charge is 2.65. The molecule has 0 amide bonds. The van der Waals surface area contributed by atoms with Crippen molar-refractivity contribution < 1.29 is 9.53 Å². The van der Waals surface area contributed by atoms with E-state index in [0.29, 0.717) is 30.6 Å². The summed E-state index contributed by atoms with van der Waals surface area (Å²) in [7, 11) is 1.88. The molecule has 1 aromatic carbocycles. The minimum absolute atomic E-state index is 0.121. The Labute approximate surface area is 145 Å². The lowest BCUT2D eigenvalue weighted by Crippen LogP contribution is -2.74. The topological polar surface area (TPSA) is 29.5 Å². The Morgan fingerprint density at radius 3 is 2.83 bits per heavy atom. The van der Waals surface area contributed by atoms with Gasteiger partial charge in [-0.05, 0) is 42.9 Å². The molecular weight excluding hydrogens is 298 g/mol. The van der Waals surface area contributed by atoms with Gasteiger partial charge < -0.3 is 4.74 Å². The molecular formula is C21H29NO2. The summed E-state index contributed by atoms with van der Waals surface area (Å²) in [6.45, 7) is 6.78. The van der Waals surface area contributed by atoms with Crippen molar-refractivity contribution in [3.63, 3.8) is 0 Å². The molecule has 1 aromatic rings. The second-order valence-electron chi connectivity index (χ2n) is 8.41. The van der Waals surface area contributed by atoms with Gasteiger partial charge in [-0.1, -0.05) is 38.1 Å². The molecule has 0 aromatic heterocycles. The van der Waals surface area contributed by atoms with Gasteiger partial charge in [-0.3, -0.25) is 9.69 Å². The van der Waals surface area contributed by atoms with E-state index in [9.17, 15) is 4.79 Å². The van der Waals surface area contributed by atoms with Crippen LogP contribution < -0.4 is 0 Å².